The molecule has 0 aromatic heterocycles. The van der Waals surface area contributed by atoms with E-state index in [1.54, 1.807) is 55.5 Å². The van der Waals surface area contributed by atoms with E-state index in [9.17, 15) is 18.0 Å². The number of anilines is 1. The van der Waals surface area contributed by atoms with E-state index >= 15 is 0 Å². The molecule has 0 aliphatic rings. The zero-order chi connectivity index (χ0) is 27.9. The van der Waals surface area contributed by atoms with Crippen molar-refractivity contribution < 1.29 is 22.7 Å². The highest BCUT2D eigenvalue weighted by molar-refractivity contribution is 7.92. The van der Waals surface area contributed by atoms with Gasteiger partial charge in [-0.15, -0.1) is 0 Å². The van der Waals surface area contributed by atoms with Crippen LogP contribution in [0.2, 0.25) is 10.0 Å². The fourth-order valence-electron chi connectivity index (χ4n) is 3.76. The molecule has 1 N–H and O–H groups in total. The number of benzene rings is 3. The summed E-state index contributed by atoms with van der Waals surface area (Å²) in [6.07, 6.45) is 0. The lowest BCUT2D eigenvalue weighted by molar-refractivity contribution is -0.139. The lowest BCUT2D eigenvalue weighted by atomic mass is 10.1. The first-order valence-electron chi connectivity index (χ1n) is 11.8. The number of likely N-dealkylation sites (N-methyl/N-ethyl adjacent to an activating group) is 1. The van der Waals surface area contributed by atoms with Crippen molar-refractivity contribution in [3.05, 3.63) is 88.4 Å². The Labute approximate surface area is 233 Å². The quantitative estimate of drug-likeness (QED) is 0.354. The second-order valence-corrected chi connectivity index (χ2v) is 11.1. The Morgan fingerprint density at radius 3 is 2.21 bits per heavy atom. The van der Waals surface area contributed by atoms with Gasteiger partial charge < -0.3 is 15.0 Å². The van der Waals surface area contributed by atoms with Gasteiger partial charge in [-0.05, 0) is 80.1 Å². The molecule has 0 spiro atoms. The van der Waals surface area contributed by atoms with Crippen molar-refractivity contribution in [1.29, 1.82) is 0 Å². The first kappa shape index (κ1) is 29.3. The van der Waals surface area contributed by atoms with E-state index in [0.29, 0.717) is 28.0 Å². The van der Waals surface area contributed by atoms with Gasteiger partial charge in [0.2, 0.25) is 11.8 Å². The largest absolute Gasteiger partial charge is 0.494 e. The number of hydrogen-bond donors (Lipinski definition) is 1. The van der Waals surface area contributed by atoms with Crippen molar-refractivity contribution in [2.75, 3.05) is 24.5 Å². The van der Waals surface area contributed by atoms with Crippen molar-refractivity contribution in [1.82, 2.24) is 10.2 Å². The molecule has 38 heavy (non-hydrogen) atoms. The van der Waals surface area contributed by atoms with Crippen LogP contribution < -0.4 is 14.4 Å². The molecule has 0 bridgehead atoms. The summed E-state index contributed by atoms with van der Waals surface area (Å²) in [4.78, 5) is 27.6. The standard InChI is InChI=1S/C27H29Cl2N3O5S/c1-4-37-24-12-10-23(11-13-24)32(38(35,36)25-14-8-21(28)9-15-25)18-26(33)31(19(2)27(34)30-3)17-20-6-5-7-22(29)16-20/h5-16,19H,4,17-18H2,1-3H3,(H,30,34). The molecule has 8 nitrogen and oxygen atoms in total. The number of carbonyl (C=O) groups excluding carboxylic acids is 2. The minimum Gasteiger partial charge on any atom is -0.494 e. The number of halogens is 2. The van der Waals surface area contributed by atoms with Crippen molar-refractivity contribution in [2.24, 2.45) is 0 Å². The van der Waals surface area contributed by atoms with Gasteiger partial charge in [0.05, 0.1) is 17.2 Å². The minimum atomic E-state index is -4.19. The highest BCUT2D eigenvalue weighted by Crippen LogP contribution is 2.27. The maximum absolute atomic E-state index is 13.8. The highest BCUT2D eigenvalue weighted by Gasteiger charge is 2.32. The first-order valence-corrected chi connectivity index (χ1v) is 14.0. The van der Waals surface area contributed by atoms with Crippen LogP contribution in [0.5, 0.6) is 5.75 Å². The third kappa shape index (κ3) is 7.18. The van der Waals surface area contributed by atoms with Crippen molar-refractivity contribution in [3.8, 4) is 5.75 Å². The summed E-state index contributed by atoms with van der Waals surface area (Å²) in [6.45, 7) is 3.36. The summed E-state index contributed by atoms with van der Waals surface area (Å²) in [6, 6.07) is 18.1. The van der Waals surface area contributed by atoms with Gasteiger partial charge in [-0.3, -0.25) is 13.9 Å². The van der Waals surface area contributed by atoms with Gasteiger partial charge in [-0.1, -0.05) is 35.3 Å². The smallest absolute Gasteiger partial charge is 0.264 e. The van der Waals surface area contributed by atoms with Crippen LogP contribution in [0, 0.1) is 0 Å². The molecule has 3 rings (SSSR count). The second-order valence-electron chi connectivity index (χ2n) is 8.33. The van der Waals surface area contributed by atoms with Gasteiger partial charge in [0, 0.05) is 23.6 Å². The summed E-state index contributed by atoms with van der Waals surface area (Å²) in [5.74, 6) is -0.414. The Balaban J connectivity index is 2.03. The van der Waals surface area contributed by atoms with Crippen molar-refractivity contribution >= 4 is 50.7 Å². The molecule has 0 aliphatic heterocycles. The zero-order valence-corrected chi connectivity index (χ0v) is 23.6. The average molecular weight is 579 g/mol. The number of carbonyl (C=O) groups is 2. The van der Waals surface area contributed by atoms with Crippen LogP contribution in [-0.4, -0.2) is 51.4 Å². The summed E-state index contributed by atoms with van der Waals surface area (Å²) >= 11 is 12.1. The van der Waals surface area contributed by atoms with Crippen LogP contribution in [0.1, 0.15) is 19.4 Å². The van der Waals surface area contributed by atoms with Crippen LogP contribution in [0.4, 0.5) is 5.69 Å². The van der Waals surface area contributed by atoms with E-state index in [-0.39, 0.29) is 17.1 Å². The number of nitrogens with zero attached hydrogens (tertiary/aromatic N) is 2. The van der Waals surface area contributed by atoms with Gasteiger partial charge in [0.25, 0.3) is 10.0 Å². The van der Waals surface area contributed by atoms with Crippen LogP contribution >= 0.6 is 23.2 Å². The molecule has 0 radical (unpaired) electrons. The molecular weight excluding hydrogens is 549 g/mol. The van der Waals surface area contributed by atoms with E-state index in [1.165, 1.54) is 36.2 Å². The van der Waals surface area contributed by atoms with E-state index in [2.05, 4.69) is 5.32 Å². The van der Waals surface area contributed by atoms with Gasteiger partial charge >= 0.3 is 0 Å². The Kier molecular flexibility index (Phi) is 10.0. The van der Waals surface area contributed by atoms with E-state index in [4.69, 9.17) is 27.9 Å². The molecule has 1 atom stereocenters. The zero-order valence-electron chi connectivity index (χ0n) is 21.2. The van der Waals surface area contributed by atoms with Crippen molar-refractivity contribution in [2.45, 2.75) is 31.3 Å². The SMILES string of the molecule is CCOc1ccc(N(CC(=O)N(Cc2cccc(Cl)c2)C(C)C(=O)NC)S(=O)(=O)c2ccc(Cl)cc2)cc1. The van der Waals surface area contributed by atoms with Gasteiger partial charge in [0.15, 0.2) is 0 Å². The maximum Gasteiger partial charge on any atom is 0.264 e. The number of rotatable bonds is 11. The lowest BCUT2D eigenvalue weighted by Gasteiger charge is -2.31. The Morgan fingerprint density at radius 2 is 1.63 bits per heavy atom. The molecule has 0 fully saturated rings. The number of ether oxygens (including phenoxy) is 1. The summed E-state index contributed by atoms with van der Waals surface area (Å²) in [5, 5.41) is 3.40. The molecule has 0 saturated heterocycles. The van der Waals surface area contributed by atoms with Crippen molar-refractivity contribution in [3.63, 3.8) is 0 Å². The topological polar surface area (TPSA) is 96.0 Å². The lowest BCUT2D eigenvalue weighted by Crippen LogP contribution is -2.50. The molecule has 1 unspecified atom stereocenters. The van der Waals surface area contributed by atoms with E-state index in [0.717, 1.165) is 4.31 Å². The molecule has 0 saturated carbocycles. The summed E-state index contributed by atoms with van der Waals surface area (Å²) < 4.78 is 34.0. The van der Waals surface area contributed by atoms with E-state index in [1.807, 2.05) is 6.92 Å². The van der Waals surface area contributed by atoms with Gasteiger partial charge in [-0.2, -0.15) is 0 Å². The monoisotopic (exact) mass is 577 g/mol. The highest BCUT2D eigenvalue weighted by atomic mass is 35.5. The fourth-order valence-corrected chi connectivity index (χ4v) is 5.51. The number of hydrogen-bond acceptors (Lipinski definition) is 5. The first-order chi connectivity index (χ1) is 18.1. The normalized spacial score (nSPS) is 11.9. The third-order valence-electron chi connectivity index (χ3n) is 5.77. The third-order valence-corrected chi connectivity index (χ3v) is 8.05. The van der Waals surface area contributed by atoms with Crippen LogP contribution in [0.15, 0.2) is 77.7 Å². The van der Waals surface area contributed by atoms with Crippen LogP contribution in [0.3, 0.4) is 0 Å². The van der Waals surface area contributed by atoms with Gasteiger partial charge in [0.1, 0.15) is 18.3 Å². The predicted molar refractivity (Wildman–Crippen MR) is 149 cm³/mol. The summed E-state index contributed by atoms with van der Waals surface area (Å²) in [7, 11) is -2.72. The van der Waals surface area contributed by atoms with E-state index < -0.39 is 34.4 Å². The average Bonchev–Trinajstić information content (AvgIpc) is 2.90. The molecule has 2 amide bonds. The molecular formula is C27H29Cl2N3O5S. The number of sulfonamides is 1. The Hall–Kier alpha value is -3.27. The van der Waals surface area contributed by atoms with Crippen LogP contribution in [-0.2, 0) is 26.2 Å². The number of nitrogens with one attached hydrogen (secondary N) is 1. The molecule has 3 aromatic rings. The maximum atomic E-state index is 13.8. The predicted octanol–water partition coefficient (Wildman–Crippen LogP) is 4.75. The molecule has 3 aromatic carbocycles. The van der Waals surface area contributed by atoms with Crippen LogP contribution in [0.25, 0.3) is 0 Å². The molecule has 11 heteroatoms. The van der Waals surface area contributed by atoms with Gasteiger partial charge in [-0.25, -0.2) is 8.42 Å². The minimum absolute atomic E-state index is 0.0377. The molecule has 0 aliphatic carbocycles. The summed E-state index contributed by atoms with van der Waals surface area (Å²) in [5.41, 5.74) is 0.946. The number of amides is 2. The molecule has 202 valence electrons. The second kappa shape index (κ2) is 13.0. The Bertz CT molecular complexity index is 1370. The molecule has 0 heterocycles. The Morgan fingerprint density at radius 1 is 0.974 bits per heavy atom. The fraction of sp³-hybridized carbons (Fsp3) is 0.259.